The van der Waals surface area contributed by atoms with E-state index in [9.17, 15) is 4.79 Å². The number of hydrogen-bond donors (Lipinski definition) is 3. The molecule has 0 aliphatic heterocycles. The number of nitrogens with one attached hydrogen (secondary N) is 1. The highest BCUT2D eigenvalue weighted by molar-refractivity contribution is 7.98. The molecule has 5 heteroatoms. The summed E-state index contributed by atoms with van der Waals surface area (Å²) in [6, 6.07) is 5.67. The fraction of sp³-hybridized carbons (Fsp3) is 0.417. The third-order valence-corrected chi connectivity index (χ3v) is 3.12. The second-order valence-electron chi connectivity index (χ2n) is 3.73. The summed E-state index contributed by atoms with van der Waals surface area (Å²) in [5.41, 5.74) is 1.49. The molecule has 0 saturated carbocycles. The lowest BCUT2D eigenvalue weighted by molar-refractivity contribution is 0.0801. The minimum absolute atomic E-state index is 0.0538. The zero-order chi connectivity index (χ0) is 12.8. The van der Waals surface area contributed by atoms with Crippen LogP contribution >= 0.6 is 11.8 Å². The smallest absolute Gasteiger partial charge is 0.251 e. The molecule has 0 heterocycles. The maximum absolute atomic E-state index is 11.8. The summed E-state index contributed by atoms with van der Waals surface area (Å²) >= 11 is 1.57. The number of hydrogen-bond acceptors (Lipinski definition) is 4. The van der Waals surface area contributed by atoms with E-state index in [0.717, 1.165) is 10.5 Å². The van der Waals surface area contributed by atoms with E-state index in [1.807, 2.05) is 31.4 Å². The first-order valence-corrected chi connectivity index (χ1v) is 6.52. The molecule has 0 aliphatic rings. The van der Waals surface area contributed by atoms with Gasteiger partial charge in [-0.1, -0.05) is 6.07 Å². The van der Waals surface area contributed by atoms with Crippen LogP contribution in [-0.4, -0.2) is 41.6 Å². The SMILES string of the molecule is CSc1ccc(C)c(C(=O)NCC(O)CO)c1. The van der Waals surface area contributed by atoms with E-state index >= 15 is 0 Å². The number of aryl methyl sites for hydroxylation is 1. The number of carbonyl (C=O) groups excluding carboxylic acids is 1. The molecule has 0 radical (unpaired) electrons. The summed E-state index contributed by atoms with van der Waals surface area (Å²) in [6.07, 6.45) is 1.03. The van der Waals surface area contributed by atoms with Crippen LogP contribution in [0.3, 0.4) is 0 Å². The Balaban J connectivity index is 2.74. The van der Waals surface area contributed by atoms with Gasteiger partial charge in [0.15, 0.2) is 0 Å². The van der Waals surface area contributed by atoms with E-state index in [-0.39, 0.29) is 19.1 Å². The van der Waals surface area contributed by atoms with Crippen molar-refractivity contribution in [2.45, 2.75) is 17.9 Å². The molecule has 1 aromatic rings. The zero-order valence-electron chi connectivity index (χ0n) is 9.93. The number of thioether (sulfide) groups is 1. The van der Waals surface area contributed by atoms with Crippen molar-refractivity contribution in [1.29, 1.82) is 0 Å². The van der Waals surface area contributed by atoms with Crippen LogP contribution in [-0.2, 0) is 0 Å². The van der Waals surface area contributed by atoms with Gasteiger partial charge in [-0.2, -0.15) is 0 Å². The van der Waals surface area contributed by atoms with Crippen LogP contribution in [0.15, 0.2) is 23.1 Å². The molecule has 1 atom stereocenters. The van der Waals surface area contributed by atoms with Crippen LogP contribution < -0.4 is 5.32 Å². The number of amides is 1. The van der Waals surface area contributed by atoms with Crippen LogP contribution in [0.4, 0.5) is 0 Å². The fourth-order valence-electron chi connectivity index (χ4n) is 1.34. The van der Waals surface area contributed by atoms with Gasteiger partial charge in [0, 0.05) is 17.0 Å². The molecule has 0 spiro atoms. The maximum Gasteiger partial charge on any atom is 0.251 e. The lowest BCUT2D eigenvalue weighted by Gasteiger charge is -2.11. The minimum Gasteiger partial charge on any atom is -0.394 e. The molecular formula is C12H17NO3S. The van der Waals surface area contributed by atoms with Crippen molar-refractivity contribution in [2.24, 2.45) is 0 Å². The van der Waals surface area contributed by atoms with E-state index in [4.69, 9.17) is 10.2 Å². The number of aliphatic hydroxyl groups is 2. The molecular weight excluding hydrogens is 238 g/mol. The molecule has 1 unspecified atom stereocenters. The summed E-state index contributed by atoms with van der Waals surface area (Å²) in [7, 11) is 0. The molecule has 17 heavy (non-hydrogen) atoms. The third-order valence-electron chi connectivity index (χ3n) is 2.40. The molecule has 0 bridgehead atoms. The lowest BCUT2D eigenvalue weighted by atomic mass is 10.1. The molecule has 0 fully saturated rings. The van der Waals surface area contributed by atoms with Gasteiger partial charge in [-0.15, -0.1) is 11.8 Å². The Morgan fingerprint density at radius 3 is 2.82 bits per heavy atom. The Hall–Kier alpha value is -1.04. The Morgan fingerprint density at radius 1 is 1.53 bits per heavy atom. The quantitative estimate of drug-likeness (QED) is 0.681. The summed E-state index contributed by atoms with van der Waals surface area (Å²) in [6.45, 7) is 1.56. The normalized spacial score (nSPS) is 12.2. The average molecular weight is 255 g/mol. The molecule has 4 nitrogen and oxygen atoms in total. The Labute approximate surface area is 105 Å². The second kappa shape index (κ2) is 6.64. The van der Waals surface area contributed by atoms with Gasteiger partial charge in [-0.25, -0.2) is 0 Å². The van der Waals surface area contributed by atoms with E-state index in [1.54, 1.807) is 11.8 Å². The Morgan fingerprint density at radius 2 is 2.24 bits per heavy atom. The van der Waals surface area contributed by atoms with Gasteiger partial charge < -0.3 is 15.5 Å². The van der Waals surface area contributed by atoms with Crippen molar-refractivity contribution < 1.29 is 15.0 Å². The Kier molecular flexibility index (Phi) is 5.47. The summed E-state index contributed by atoms with van der Waals surface area (Å²) in [5.74, 6) is -0.231. The van der Waals surface area contributed by atoms with Crippen LogP contribution in [0.2, 0.25) is 0 Å². The Bertz CT molecular complexity index is 395. The molecule has 0 saturated heterocycles. The minimum atomic E-state index is -0.914. The fourth-order valence-corrected chi connectivity index (χ4v) is 1.78. The standard InChI is InChI=1S/C12H17NO3S/c1-8-3-4-10(17-2)5-11(8)12(16)13-6-9(15)7-14/h3-5,9,14-15H,6-7H2,1-2H3,(H,13,16). The highest BCUT2D eigenvalue weighted by Gasteiger charge is 2.11. The first-order chi connectivity index (χ1) is 8.08. The molecule has 1 amide bonds. The second-order valence-corrected chi connectivity index (χ2v) is 4.61. The van der Waals surface area contributed by atoms with Crippen LogP contribution in [0.5, 0.6) is 0 Å². The highest BCUT2D eigenvalue weighted by Crippen LogP contribution is 2.18. The van der Waals surface area contributed by atoms with Crippen molar-refractivity contribution >= 4 is 17.7 Å². The van der Waals surface area contributed by atoms with E-state index in [0.29, 0.717) is 5.56 Å². The van der Waals surface area contributed by atoms with Gasteiger partial charge in [0.05, 0.1) is 12.7 Å². The van der Waals surface area contributed by atoms with Crippen molar-refractivity contribution in [2.75, 3.05) is 19.4 Å². The molecule has 0 aliphatic carbocycles. The third kappa shape index (κ3) is 4.03. The first-order valence-electron chi connectivity index (χ1n) is 5.30. The van der Waals surface area contributed by atoms with Gasteiger partial charge in [0.2, 0.25) is 0 Å². The van der Waals surface area contributed by atoms with E-state index in [1.165, 1.54) is 0 Å². The van der Waals surface area contributed by atoms with Gasteiger partial charge >= 0.3 is 0 Å². The van der Waals surface area contributed by atoms with E-state index in [2.05, 4.69) is 5.32 Å². The number of aliphatic hydroxyl groups excluding tert-OH is 2. The van der Waals surface area contributed by atoms with Crippen LogP contribution in [0.25, 0.3) is 0 Å². The van der Waals surface area contributed by atoms with Crippen molar-refractivity contribution in [3.8, 4) is 0 Å². The highest BCUT2D eigenvalue weighted by atomic mass is 32.2. The zero-order valence-corrected chi connectivity index (χ0v) is 10.8. The van der Waals surface area contributed by atoms with Crippen molar-refractivity contribution in [1.82, 2.24) is 5.32 Å². The van der Waals surface area contributed by atoms with Gasteiger partial charge in [-0.3, -0.25) is 4.79 Å². The van der Waals surface area contributed by atoms with Gasteiger partial charge in [-0.05, 0) is 30.9 Å². The molecule has 3 N–H and O–H groups in total. The molecule has 94 valence electrons. The topological polar surface area (TPSA) is 69.6 Å². The molecule has 1 aromatic carbocycles. The monoisotopic (exact) mass is 255 g/mol. The van der Waals surface area contributed by atoms with Gasteiger partial charge in [0.25, 0.3) is 5.91 Å². The predicted molar refractivity (Wildman–Crippen MR) is 68.4 cm³/mol. The van der Waals surface area contributed by atoms with Gasteiger partial charge in [0.1, 0.15) is 0 Å². The van der Waals surface area contributed by atoms with E-state index < -0.39 is 6.10 Å². The van der Waals surface area contributed by atoms with Crippen molar-refractivity contribution in [3.63, 3.8) is 0 Å². The molecule has 0 aromatic heterocycles. The summed E-state index contributed by atoms with van der Waals surface area (Å²) in [5, 5.41) is 20.4. The average Bonchev–Trinajstić information content (AvgIpc) is 2.36. The van der Waals surface area contributed by atoms with Crippen LogP contribution in [0.1, 0.15) is 15.9 Å². The number of rotatable bonds is 5. The van der Waals surface area contributed by atoms with Crippen LogP contribution in [0, 0.1) is 6.92 Å². The molecule has 1 rings (SSSR count). The largest absolute Gasteiger partial charge is 0.394 e. The summed E-state index contributed by atoms with van der Waals surface area (Å²) in [4.78, 5) is 12.9. The van der Waals surface area contributed by atoms with Crippen molar-refractivity contribution in [3.05, 3.63) is 29.3 Å². The number of carbonyl (C=O) groups is 1. The lowest BCUT2D eigenvalue weighted by Crippen LogP contribution is -2.34. The number of benzene rings is 1. The first kappa shape index (κ1) is 14.0. The predicted octanol–water partition coefficient (Wildman–Crippen LogP) is 0.800. The maximum atomic E-state index is 11.8. The summed E-state index contributed by atoms with van der Waals surface area (Å²) < 4.78 is 0.